The van der Waals surface area contributed by atoms with Gasteiger partial charge in [0.15, 0.2) is 5.76 Å². The highest BCUT2D eigenvalue weighted by atomic mass is 32.1. The fourth-order valence-electron chi connectivity index (χ4n) is 3.20. The molecule has 1 aromatic carbocycles. The SMILES string of the molecule is Cc1ccc(-c2cc(C(=O)Nc3sc(C(C)C)cc3C(N)=O)c3ccccc3n2)o1. The van der Waals surface area contributed by atoms with Crippen LogP contribution in [-0.4, -0.2) is 16.8 Å². The molecule has 2 amide bonds. The predicted molar refractivity (Wildman–Crippen MR) is 119 cm³/mol. The van der Waals surface area contributed by atoms with Gasteiger partial charge in [-0.25, -0.2) is 4.98 Å². The minimum absolute atomic E-state index is 0.217. The second kappa shape index (κ2) is 7.76. The molecule has 0 fully saturated rings. The molecule has 3 aromatic heterocycles. The smallest absolute Gasteiger partial charge is 0.257 e. The Labute approximate surface area is 177 Å². The van der Waals surface area contributed by atoms with E-state index < -0.39 is 5.91 Å². The lowest BCUT2D eigenvalue weighted by Crippen LogP contribution is -2.17. The molecule has 0 aliphatic rings. The number of aryl methyl sites for hydroxylation is 1. The molecule has 0 radical (unpaired) electrons. The van der Waals surface area contributed by atoms with Gasteiger partial charge in [-0.15, -0.1) is 11.3 Å². The molecule has 0 spiro atoms. The number of fused-ring (bicyclic) bond motifs is 1. The molecular formula is C23H21N3O3S. The average Bonchev–Trinajstić information content (AvgIpc) is 3.33. The van der Waals surface area contributed by atoms with Crippen molar-refractivity contribution >= 4 is 39.1 Å². The first-order valence-corrected chi connectivity index (χ1v) is 10.4. The average molecular weight is 420 g/mol. The zero-order chi connectivity index (χ0) is 21.4. The third-order valence-electron chi connectivity index (χ3n) is 4.77. The first kappa shape index (κ1) is 19.8. The lowest BCUT2D eigenvalue weighted by molar-refractivity contribution is 0.100. The third-order valence-corrected chi connectivity index (χ3v) is 6.12. The number of amides is 2. The van der Waals surface area contributed by atoms with Gasteiger partial charge in [-0.3, -0.25) is 9.59 Å². The molecule has 3 heterocycles. The summed E-state index contributed by atoms with van der Waals surface area (Å²) in [5, 5.41) is 4.04. The highest BCUT2D eigenvalue weighted by molar-refractivity contribution is 7.16. The Morgan fingerprint density at radius 1 is 1.10 bits per heavy atom. The topological polar surface area (TPSA) is 98.2 Å². The number of rotatable bonds is 5. The fourth-order valence-corrected chi connectivity index (χ4v) is 4.26. The number of para-hydroxylation sites is 1. The minimum Gasteiger partial charge on any atom is -0.460 e. The van der Waals surface area contributed by atoms with Gasteiger partial charge in [0.2, 0.25) is 0 Å². The molecule has 152 valence electrons. The standard InChI is InChI=1S/C23H21N3O3S/c1-12(2)20-11-16(21(24)27)23(30-20)26-22(28)15-10-18(19-9-8-13(3)29-19)25-17-7-5-4-6-14(15)17/h4-12H,1-3H3,(H2,24,27)(H,26,28). The lowest BCUT2D eigenvalue weighted by atomic mass is 10.1. The number of nitrogens with two attached hydrogens (primary N) is 1. The van der Waals surface area contributed by atoms with Crippen LogP contribution in [0, 0.1) is 6.92 Å². The highest BCUT2D eigenvalue weighted by Gasteiger charge is 2.20. The van der Waals surface area contributed by atoms with E-state index in [4.69, 9.17) is 10.2 Å². The summed E-state index contributed by atoms with van der Waals surface area (Å²) in [5.74, 6) is 0.659. The van der Waals surface area contributed by atoms with Crippen molar-refractivity contribution in [1.82, 2.24) is 4.98 Å². The van der Waals surface area contributed by atoms with Crippen LogP contribution in [0.4, 0.5) is 5.00 Å². The first-order chi connectivity index (χ1) is 14.3. The summed E-state index contributed by atoms with van der Waals surface area (Å²) in [4.78, 5) is 30.8. The molecule has 0 saturated carbocycles. The summed E-state index contributed by atoms with van der Waals surface area (Å²) < 4.78 is 5.70. The Morgan fingerprint density at radius 2 is 1.87 bits per heavy atom. The number of thiophene rings is 1. The van der Waals surface area contributed by atoms with Crippen LogP contribution in [0.25, 0.3) is 22.4 Å². The molecule has 0 bridgehead atoms. The lowest BCUT2D eigenvalue weighted by Gasteiger charge is -2.09. The van der Waals surface area contributed by atoms with E-state index in [0.29, 0.717) is 38.5 Å². The number of benzene rings is 1. The summed E-state index contributed by atoms with van der Waals surface area (Å²) in [6.45, 7) is 5.90. The minimum atomic E-state index is -0.570. The normalized spacial score (nSPS) is 11.2. The van der Waals surface area contributed by atoms with Crippen molar-refractivity contribution in [2.45, 2.75) is 26.7 Å². The Morgan fingerprint density at radius 3 is 2.53 bits per heavy atom. The van der Waals surface area contributed by atoms with Gasteiger partial charge in [0.1, 0.15) is 16.5 Å². The number of primary amides is 1. The number of hydrogen-bond acceptors (Lipinski definition) is 5. The maximum absolute atomic E-state index is 13.3. The number of nitrogens with one attached hydrogen (secondary N) is 1. The second-order valence-electron chi connectivity index (χ2n) is 7.35. The molecule has 0 aliphatic carbocycles. The molecule has 0 unspecified atom stereocenters. The molecule has 0 aliphatic heterocycles. The maximum atomic E-state index is 13.3. The van der Waals surface area contributed by atoms with Crippen molar-refractivity contribution in [3.63, 3.8) is 0 Å². The van der Waals surface area contributed by atoms with Crippen LogP contribution in [0.2, 0.25) is 0 Å². The Bertz CT molecular complexity index is 1270. The number of nitrogens with zero attached hydrogens (tertiary/aromatic N) is 1. The number of aromatic nitrogens is 1. The molecular weight excluding hydrogens is 398 g/mol. The summed E-state index contributed by atoms with van der Waals surface area (Å²) in [6, 6.07) is 14.5. The summed E-state index contributed by atoms with van der Waals surface area (Å²) in [7, 11) is 0. The molecule has 0 saturated heterocycles. The third kappa shape index (κ3) is 3.71. The van der Waals surface area contributed by atoms with E-state index >= 15 is 0 Å². The van der Waals surface area contributed by atoms with Crippen molar-refractivity contribution in [3.8, 4) is 11.5 Å². The van der Waals surface area contributed by atoms with E-state index in [1.807, 2.05) is 57.2 Å². The van der Waals surface area contributed by atoms with E-state index in [9.17, 15) is 9.59 Å². The Hall–Kier alpha value is -3.45. The van der Waals surface area contributed by atoms with Crippen molar-refractivity contribution < 1.29 is 14.0 Å². The molecule has 4 rings (SSSR count). The number of anilines is 1. The number of furan rings is 1. The number of pyridine rings is 1. The first-order valence-electron chi connectivity index (χ1n) is 9.55. The van der Waals surface area contributed by atoms with Gasteiger partial charge in [-0.1, -0.05) is 32.0 Å². The second-order valence-corrected chi connectivity index (χ2v) is 8.43. The van der Waals surface area contributed by atoms with Gasteiger partial charge >= 0.3 is 0 Å². The Kier molecular flexibility index (Phi) is 5.13. The molecule has 4 aromatic rings. The zero-order valence-electron chi connectivity index (χ0n) is 16.9. The van der Waals surface area contributed by atoms with Gasteiger partial charge in [0, 0.05) is 10.3 Å². The van der Waals surface area contributed by atoms with Crippen LogP contribution in [-0.2, 0) is 0 Å². The van der Waals surface area contributed by atoms with Crippen LogP contribution >= 0.6 is 11.3 Å². The molecule has 3 N–H and O–H groups in total. The van der Waals surface area contributed by atoms with Crippen LogP contribution in [0.1, 0.15) is 51.1 Å². The number of hydrogen-bond donors (Lipinski definition) is 2. The Balaban J connectivity index is 1.79. The van der Waals surface area contributed by atoms with Gasteiger partial charge in [-0.05, 0) is 43.2 Å². The van der Waals surface area contributed by atoms with Crippen LogP contribution in [0.15, 0.2) is 52.9 Å². The monoisotopic (exact) mass is 419 g/mol. The largest absolute Gasteiger partial charge is 0.460 e. The fraction of sp³-hybridized carbons (Fsp3) is 0.174. The van der Waals surface area contributed by atoms with Crippen LogP contribution in [0.5, 0.6) is 0 Å². The van der Waals surface area contributed by atoms with Crippen molar-refractivity contribution in [2.24, 2.45) is 5.73 Å². The van der Waals surface area contributed by atoms with E-state index in [-0.39, 0.29) is 11.8 Å². The zero-order valence-corrected chi connectivity index (χ0v) is 17.7. The van der Waals surface area contributed by atoms with Crippen molar-refractivity contribution in [1.29, 1.82) is 0 Å². The van der Waals surface area contributed by atoms with Crippen molar-refractivity contribution in [3.05, 3.63) is 70.3 Å². The predicted octanol–water partition coefficient (Wildman–Crippen LogP) is 5.34. The molecule has 0 atom stereocenters. The van der Waals surface area contributed by atoms with E-state index in [1.54, 1.807) is 12.1 Å². The van der Waals surface area contributed by atoms with Crippen molar-refractivity contribution in [2.75, 3.05) is 5.32 Å². The molecule has 30 heavy (non-hydrogen) atoms. The number of carbonyl (C=O) groups is 2. The highest BCUT2D eigenvalue weighted by Crippen LogP contribution is 2.34. The maximum Gasteiger partial charge on any atom is 0.257 e. The summed E-state index contributed by atoms with van der Waals surface area (Å²) in [6.07, 6.45) is 0. The van der Waals surface area contributed by atoms with Gasteiger partial charge in [-0.2, -0.15) is 0 Å². The van der Waals surface area contributed by atoms with E-state index in [0.717, 1.165) is 10.6 Å². The molecule has 6 nitrogen and oxygen atoms in total. The molecule has 7 heteroatoms. The van der Waals surface area contributed by atoms with Crippen LogP contribution in [0.3, 0.4) is 0 Å². The van der Waals surface area contributed by atoms with Gasteiger partial charge in [0.25, 0.3) is 11.8 Å². The van der Waals surface area contributed by atoms with Crippen LogP contribution < -0.4 is 11.1 Å². The van der Waals surface area contributed by atoms with E-state index in [1.165, 1.54) is 11.3 Å². The van der Waals surface area contributed by atoms with E-state index in [2.05, 4.69) is 10.3 Å². The summed E-state index contributed by atoms with van der Waals surface area (Å²) >= 11 is 1.36. The van der Waals surface area contributed by atoms with Gasteiger partial charge in [0.05, 0.1) is 16.6 Å². The number of carbonyl (C=O) groups excluding carboxylic acids is 2. The quantitative estimate of drug-likeness (QED) is 0.456. The summed E-state index contributed by atoms with van der Waals surface area (Å²) in [5.41, 5.74) is 7.54. The van der Waals surface area contributed by atoms with Gasteiger partial charge < -0.3 is 15.5 Å².